The van der Waals surface area contributed by atoms with Crippen LogP contribution in [0.15, 0.2) is 18.6 Å². The summed E-state index contributed by atoms with van der Waals surface area (Å²) in [6.45, 7) is 1.32. The quantitative estimate of drug-likeness (QED) is 0.659. The van der Waals surface area contributed by atoms with E-state index in [0.29, 0.717) is 13.1 Å². The van der Waals surface area contributed by atoms with Crippen molar-refractivity contribution in [2.24, 2.45) is 0 Å². The molecule has 78 valence electrons. The third kappa shape index (κ3) is 3.78. The maximum absolute atomic E-state index is 5.02. The molecule has 0 bridgehead atoms. The smallest absolute Gasteiger partial charge is 0.169 e. The first-order valence-corrected chi connectivity index (χ1v) is 4.38. The Hall–Kier alpha value is -1.04. The fourth-order valence-electron chi connectivity index (χ4n) is 1.00. The molecule has 0 atom stereocenters. The predicted molar refractivity (Wildman–Crippen MR) is 51.5 cm³/mol. The molecule has 5 nitrogen and oxygen atoms in total. The molecule has 0 aliphatic carbocycles. The molecule has 0 amide bonds. The number of methoxy groups -OCH3 is 2. The van der Waals surface area contributed by atoms with Gasteiger partial charge in [0.25, 0.3) is 0 Å². The van der Waals surface area contributed by atoms with Gasteiger partial charge in [0, 0.05) is 33.5 Å². The first kappa shape index (κ1) is 11.0. The van der Waals surface area contributed by atoms with Gasteiger partial charge in [-0.3, -0.25) is 0 Å². The van der Waals surface area contributed by atoms with Gasteiger partial charge in [-0.2, -0.15) is 0 Å². The van der Waals surface area contributed by atoms with Crippen molar-refractivity contribution in [1.82, 2.24) is 15.3 Å². The summed E-state index contributed by atoms with van der Waals surface area (Å²) >= 11 is 0. The zero-order valence-corrected chi connectivity index (χ0v) is 8.43. The summed E-state index contributed by atoms with van der Waals surface area (Å²) in [5.74, 6) is 0. The summed E-state index contributed by atoms with van der Waals surface area (Å²) in [6.07, 6.45) is 3.03. The fraction of sp³-hybridized carbons (Fsp3) is 0.556. The molecule has 0 aromatic carbocycles. The van der Waals surface area contributed by atoms with Crippen LogP contribution in [-0.4, -0.2) is 37.0 Å². The first-order valence-electron chi connectivity index (χ1n) is 4.38. The van der Waals surface area contributed by atoms with Crippen molar-refractivity contribution in [2.45, 2.75) is 12.8 Å². The van der Waals surface area contributed by atoms with E-state index in [-0.39, 0.29) is 6.29 Å². The number of hydrogen-bond donors (Lipinski definition) is 1. The van der Waals surface area contributed by atoms with E-state index in [9.17, 15) is 0 Å². The Balaban J connectivity index is 2.21. The van der Waals surface area contributed by atoms with Crippen LogP contribution in [0.3, 0.4) is 0 Å². The van der Waals surface area contributed by atoms with Crippen molar-refractivity contribution < 1.29 is 9.47 Å². The van der Waals surface area contributed by atoms with Gasteiger partial charge in [-0.05, 0) is 6.07 Å². The molecule has 0 fully saturated rings. The Kier molecular flexibility index (Phi) is 5.06. The van der Waals surface area contributed by atoms with Crippen molar-refractivity contribution in [3.05, 3.63) is 24.3 Å². The molecule has 0 spiro atoms. The molecule has 0 radical (unpaired) electrons. The van der Waals surface area contributed by atoms with Crippen molar-refractivity contribution in [3.8, 4) is 0 Å². The monoisotopic (exact) mass is 197 g/mol. The highest BCUT2D eigenvalue weighted by Crippen LogP contribution is 1.92. The third-order valence-corrected chi connectivity index (χ3v) is 1.79. The van der Waals surface area contributed by atoms with Crippen LogP contribution in [0.1, 0.15) is 5.69 Å². The minimum Gasteiger partial charge on any atom is -0.355 e. The number of aromatic nitrogens is 2. The maximum atomic E-state index is 5.02. The highest BCUT2D eigenvalue weighted by Gasteiger charge is 2.03. The van der Waals surface area contributed by atoms with Gasteiger partial charge in [0.2, 0.25) is 0 Å². The van der Waals surface area contributed by atoms with Gasteiger partial charge >= 0.3 is 0 Å². The van der Waals surface area contributed by atoms with E-state index in [4.69, 9.17) is 9.47 Å². The van der Waals surface area contributed by atoms with Gasteiger partial charge in [-0.1, -0.05) is 0 Å². The van der Waals surface area contributed by atoms with E-state index in [0.717, 1.165) is 5.69 Å². The van der Waals surface area contributed by atoms with Crippen LogP contribution in [0.4, 0.5) is 0 Å². The van der Waals surface area contributed by atoms with Crippen LogP contribution in [-0.2, 0) is 16.0 Å². The lowest BCUT2D eigenvalue weighted by molar-refractivity contribution is -0.0989. The highest BCUT2D eigenvalue weighted by molar-refractivity contribution is 4.96. The molecule has 0 aliphatic rings. The summed E-state index contributed by atoms with van der Waals surface area (Å²) in [7, 11) is 3.22. The summed E-state index contributed by atoms with van der Waals surface area (Å²) in [5.41, 5.74) is 0.950. The lowest BCUT2D eigenvalue weighted by Gasteiger charge is -2.13. The van der Waals surface area contributed by atoms with Crippen LogP contribution in [0, 0.1) is 0 Å². The van der Waals surface area contributed by atoms with Crippen molar-refractivity contribution in [3.63, 3.8) is 0 Å². The molecular weight excluding hydrogens is 182 g/mol. The molecule has 1 rings (SSSR count). The van der Waals surface area contributed by atoms with E-state index >= 15 is 0 Å². The van der Waals surface area contributed by atoms with Gasteiger partial charge in [-0.25, -0.2) is 9.97 Å². The summed E-state index contributed by atoms with van der Waals surface area (Å²) < 4.78 is 10.0. The number of ether oxygens (including phenoxy) is 2. The zero-order valence-electron chi connectivity index (χ0n) is 8.43. The van der Waals surface area contributed by atoms with Gasteiger partial charge in [0.15, 0.2) is 6.29 Å². The van der Waals surface area contributed by atoms with E-state index < -0.39 is 0 Å². The molecule has 5 heteroatoms. The van der Waals surface area contributed by atoms with Crippen LogP contribution >= 0.6 is 0 Å². The van der Waals surface area contributed by atoms with Crippen LogP contribution < -0.4 is 5.32 Å². The van der Waals surface area contributed by atoms with Crippen molar-refractivity contribution in [2.75, 3.05) is 20.8 Å². The minimum absolute atomic E-state index is 0.211. The predicted octanol–water partition coefficient (Wildman–Crippen LogP) is 0.185. The third-order valence-electron chi connectivity index (χ3n) is 1.79. The SMILES string of the molecule is COC(CNCc1ccncn1)OC. The Morgan fingerprint density at radius 3 is 2.79 bits per heavy atom. The summed E-state index contributed by atoms with van der Waals surface area (Å²) in [4.78, 5) is 7.90. The van der Waals surface area contributed by atoms with E-state index in [1.54, 1.807) is 20.4 Å². The molecule has 0 saturated carbocycles. The second-order valence-corrected chi connectivity index (χ2v) is 2.73. The standard InChI is InChI=1S/C9H15N3O2/c1-13-9(14-2)6-11-5-8-3-4-10-7-12-8/h3-4,7,9,11H,5-6H2,1-2H3. The molecule has 0 unspecified atom stereocenters. The molecule has 1 aromatic heterocycles. The van der Waals surface area contributed by atoms with Crippen molar-refractivity contribution in [1.29, 1.82) is 0 Å². The number of hydrogen-bond acceptors (Lipinski definition) is 5. The summed E-state index contributed by atoms with van der Waals surface area (Å²) in [6, 6.07) is 1.86. The Morgan fingerprint density at radius 2 is 2.21 bits per heavy atom. The Morgan fingerprint density at radius 1 is 1.43 bits per heavy atom. The zero-order chi connectivity index (χ0) is 10.2. The largest absolute Gasteiger partial charge is 0.355 e. The normalized spacial score (nSPS) is 10.8. The van der Waals surface area contributed by atoms with E-state index in [2.05, 4.69) is 15.3 Å². The lowest BCUT2D eigenvalue weighted by atomic mass is 10.4. The molecule has 1 heterocycles. The minimum atomic E-state index is -0.211. The van der Waals surface area contributed by atoms with Crippen LogP contribution in [0.5, 0.6) is 0 Å². The molecule has 1 N–H and O–H groups in total. The van der Waals surface area contributed by atoms with Crippen LogP contribution in [0.25, 0.3) is 0 Å². The first-order chi connectivity index (χ1) is 6.86. The fourth-order valence-corrected chi connectivity index (χ4v) is 1.00. The topological polar surface area (TPSA) is 56.3 Å². The van der Waals surface area contributed by atoms with Gasteiger partial charge in [0.05, 0.1) is 5.69 Å². The average Bonchev–Trinajstić information content (AvgIpc) is 2.26. The van der Waals surface area contributed by atoms with Gasteiger partial charge < -0.3 is 14.8 Å². The summed E-state index contributed by atoms with van der Waals surface area (Å²) in [5, 5.41) is 3.16. The number of nitrogens with one attached hydrogen (secondary N) is 1. The van der Waals surface area contributed by atoms with Gasteiger partial charge in [0.1, 0.15) is 6.33 Å². The van der Waals surface area contributed by atoms with Crippen molar-refractivity contribution >= 4 is 0 Å². The van der Waals surface area contributed by atoms with Crippen LogP contribution in [0.2, 0.25) is 0 Å². The molecule has 1 aromatic rings. The van der Waals surface area contributed by atoms with E-state index in [1.807, 2.05) is 6.07 Å². The maximum Gasteiger partial charge on any atom is 0.169 e. The second kappa shape index (κ2) is 6.42. The molecular formula is C9H15N3O2. The number of rotatable bonds is 6. The lowest BCUT2D eigenvalue weighted by Crippen LogP contribution is -2.29. The Bertz CT molecular complexity index is 239. The van der Waals surface area contributed by atoms with E-state index in [1.165, 1.54) is 6.33 Å². The highest BCUT2D eigenvalue weighted by atomic mass is 16.7. The molecule has 0 saturated heterocycles. The number of nitrogens with zero attached hydrogens (tertiary/aromatic N) is 2. The van der Waals surface area contributed by atoms with Gasteiger partial charge in [-0.15, -0.1) is 0 Å². The molecule has 14 heavy (non-hydrogen) atoms. The Labute approximate surface area is 83.5 Å². The molecule has 0 aliphatic heterocycles. The second-order valence-electron chi connectivity index (χ2n) is 2.73. The average molecular weight is 197 g/mol.